The molecule has 0 aliphatic heterocycles. The number of aromatic nitrogens is 2. The van der Waals surface area contributed by atoms with Crippen molar-refractivity contribution in [1.29, 1.82) is 0 Å². The number of H-pyrrole nitrogens is 1. The highest BCUT2D eigenvalue weighted by molar-refractivity contribution is 7.98. The van der Waals surface area contributed by atoms with Gasteiger partial charge in [-0.1, -0.05) is 90.6 Å². The van der Waals surface area contributed by atoms with Gasteiger partial charge in [0.2, 0.25) is 0 Å². The Labute approximate surface area is 202 Å². The van der Waals surface area contributed by atoms with Gasteiger partial charge in [-0.2, -0.15) is 5.10 Å². The Hall–Kier alpha value is -4.16. The molecule has 0 unspecified atom stereocenters. The summed E-state index contributed by atoms with van der Waals surface area (Å²) in [6.45, 7) is 0. The number of rotatable bonds is 7. The van der Waals surface area contributed by atoms with Crippen molar-refractivity contribution >= 4 is 34.9 Å². The van der Waals surface area contributed by atoms with Crippen molar-refractivity contribution in [2.45, 2.75) is 10.9 Å². The van der Waals surface area contributed by atoms with Crippen molar-refractivity contribution < 1.29 is 4.79 Å². The van der Waals surface area contributed by atoms with Gasteiger partial charge in [0.15, 0.2) is 5.16 Å². The summed E-state index contributed by atoms with van der Waals surface area (Å²) in [5.74, 6) is 0.521. The van der Waals surface area contributed by atoms with Crippen LogP contribution in [0.4, 0.5) is 0 Å². The maximum atomic E-state index is 12.4. The van der Waals surface area contributed by atoms with E-state index < -0.39 is 0 Å². The summed E-state index contributed by atoms with van der Waals surface area (Å²) in [6.07, 6.45) is 1.64. The zero-order valence-electron chi connectivity index (χ0n) is 18.3. The Balaban J connectivity index is 1.14. The number of hydrogen-bond donors (Lipinski definition) is 2. The maximum absolute atomic E-state index is 12.4. The van der Waals surface area contributed by atoms with E-state index in [1.165, 1.54) is 5.56 Å². The Morgan fingerprint density at radius 1 is 0.853 bits per heavy atom. The number of carbonyl (C=O) groups is 1. The molecule has 5 nitrogen and oxygen atoms in total. The molecule has 0 aliphatic rings. The number of nitrogens with zero attached hydrogens (tertiary/aromatic N) is 2. The van der Waals surface area contributed by atoms with Crippen LogP contribution < -0.4 is 5.43 Å². The number of imidazole rings is 1. The van der Waals surface area contributed by atoms with Gasteiger partial charge in [0.25, 0.3) is 5.91 Å². The molecular weight excluding hydrogens is 440 g/mol. The average Bonchev–Trinajstić information content (AvgIpc) is 3.32. The molecule has 2 N–H and O–H groups in total. The summed E-state index contributed by atoms with van der Waals surface area (Å²) in [6, 6.07) is 33.7. The fraction of sp³-hybridized carbons (Fsp3) is 0.0357. The molecule has 0 atom stereocenters. The fourth-order valence-corrected chi connectivity index (χ4v) is 4.36. The third kappa shape index (κ3) is 5.24. The largest absolute Gasteiger partial charge is 0.333 e. The van der Waals surface area contributed by atoms with Crippen molar-refractivity contribution in [2.75, 3.05) is 0 Å². The Morgan fingerprint density at radius 3 is 2.32 bits per heavy atom. The molecule has 0 saturated heterocycles. The molecule has 0 saturated carbocycles. The molecule has 5 aromatic rings. The zero-order chi connectivity index (χ0) is 23.2. The van der Waals surface area contributed by atoms with Crippen molar-refractivity contribution in [3.8, 4) is 11.1 Å². The molecule has 5 rings (SSSR count). The molecule has 0 fully saturated rings. The van der Waals surface area contributed by atoms with Crippen LogP contribution in [0.5, 0.6) is 0 Å². The number of hydrogen-bond acceptors (Lipinski definition) is 4. The quantitative estimate of drug-likeness (QED) is 0.170. The van der Waals surface area contributed by atoms with Gasteiger partial charge in [0.1, 0.15) is 0 Å². The average molecular weight is 463 g/mol. The second-order valence-corrected chi connectivity index (χ2v) is 8.70. The van der Waals surface area contributed by atoms with Crippen LogP contribution >= 0.6 is 11.8 Å². The predicted molar refractivity (Wildman–Crippen MR) is 139 cm³/mol. The van der Waals surface area contributed by atoms with Gasteiger partial charge >= 0.3 is 0 Å². The summed E-state index contributed by atoms with van der Waals surface area (Å²) in [4.78, 5) is 20.3. The zero-order valence-corrected chi connectivity index (χ0v) is 19.1. The van der Waals surface area contributed by atoms with Gasteiger partial charge in [-0.15, -0.1) is 0 Å². The maximum Gasteiger partial charge on any atom is 0.271 e. The van der Waals surface area contributed by atoms with Crippen molar-refractivity contribution in [3.05, 3.63) is 120 Å². The smallest absolute Gasteiger partial charge is 0.271 e. The van der Waals surface area contributed by atoms with Crippen LogP contribution in [0.1, 0.15) is 21.5 Å². The van der Waals surface area contributed by atoms with Crippen molar-refractivity contribution in [2.24, 2.45) is 5.10 Å². The number of fused-ring (bicyclic) bond motifs is 1. The predicted octanol–water partition coefficient (Wildman–Crippen LogP) is 6.29. The minimum Gasteiger partial charge on any atom is -0.333 e. The van der Waals surface area contributed by atoms with Crippen LogP contribution in [-0.2, 0) is 5.75 Å². The van der Waals surface area contributed by atoms with Gasteiger partial charge < -0.3 is 4.98 Å². The molecule has 6 heteroatoms. The molecule has 1 heterocycles. The highest BCUT2D eigenvalue weighted by Crippen LogP contribution is 2.23. The van der Waals surface area contributed by atoms with Crippen LogP contribution in [-0.4, -0.2) is 22.1 Å². The van der Waals surface area contributed by atoms with E-state index in [0.717, 1.165) is 38.6 Å². The van der Waals surface area contributed by atoms with E-state index in [0.29, 0.717) is 5.56 Å². The van der Waals surface area contributed by atoms with Crippen molar-refractivity contribution in [3.63, 3.8) is 0 Å². The molecule has 1 aromatic heterocycles. The van der Waals surface area contributed by atoms with E-state index in [1.54, 1.807) is 18.0 Å². The van der Waals surface area contributed by atoms with Crippen LogP contribution in [0, 0.1) is 0 Å². The van der Waals surface area contributed by atoms with E-state index in [2.05, 4.69) is 32.6 Å². The molecule has 4 aromatic carbocycles. The van der Waals surface area contributed by atoms with Crippen LogP contribution in [0.15, 0.2) is 113 Å². The number of thioether (sulfide) groups is 1. The number of benzene rings is 4. The lowest BCUT2D eigenvalue weighted by atomic mass is 10.0. The SMILES string of the molecule is O=C(NN=Cc1ccc(-c2ccccc2)cc1)c1ccc(CSc2nc3ccccc3[nH]2)cc1. The number of nitrogens with one attached hydrogen (secondary N) is 2. The number of aromatic amines is 1. The van der Waals surface area contributed by atoms with E-state index in [-0.39, 0.29) is 5.91 Å². The highest BCUT2D eigenvalue weighted by atomic mass is 32.2. The lowest BCUT2D eigenvalue weighted by Crippen LogP contribution is -2.17. The molecule has 0 aliphatic carbocycles. The highest BCUT2D eigenvalue weighted by Gasteiger charge is 2.06. The van der Waals surface area contributed by atoms with E-state index in [9.17, 15) is 4.79 Å². The van der Waals surface area contributed by atoms with Gasteiger partial charge in [-0.25, -0.2) is 10.4 Å². The second-order valence-electron chi connectivity index (χ2n) is 7.73. The van der Waals surface area contributed by atoms with Gasteiger partial charge in [-0.05, 0) is 46.5 Å². The summed E-state index contributed by atoms with van der Waals surface area (Å²) in [5, 5.41) is 4.98. The number of hydrazone groups is 1. The van der Waals surface area contributed by atoms with Gasteiger partial charge in [0, 0.05) is 11.3 Å². The third-order valence-electron chi connectivity index (χ3n) is 5.36. The molecular formula is C28H22N4OS. The van der Waals surface area contributed by atoms with E-state index in [4.69, 9.17) is 0 Å². The lowest BCUT2D eigenvalue weighted by Gasteiger charge is -2.03. The minimum absolute atomic E-state index is 0.242. The van der Waals surface area contributed by atoms with Crippen LogP contribution in [0.2, 0.25) is 0 Å². The number of carbonyl (C=O) groups excluding carboxylic acids is 1. The Kier molecular flexibility index (Phi) is 6.49. The molecule has 0 spiro atoms. The van der Waals surface area contributed by atoms with Gasteiger partial charge in [0.05, 0.1) is 17.2 Å². The topological polar surface area (TPSA) is 70.1 Å². The van der Waals surface area contributed by atoms with E-state index >= 15 is 0 Å². The standard InChI is InChI=1S/C28H22N4OS/c33-27(32-29-18-20-10-14-23(15-11-20)22-6-2-1-3-7-22)24-16-12-21(13-17-24)19-34-28-30-25-8-4-5-9-26(25)31-28/h1-18H,19H2,(H,30,31)(H,32,33). The first-order valence-electron chi connectivity index (χ1n) is 10.9. The lowest BCUT2D eigenvalue weighted by molar-refractivity contribution is 0.0955. The Bertz CT molecular complexity index is 1390. The van der Waals surface area contributed by atoms with Gasteiger partial charge in [-0.3, -0.25) is 4.79 Å². The first-order valence-corrected chi connectivity index (χ1v) is 11.9. The molecule has 166 valence electrons. The molecule has 34 heavy (non-hydrogen) atoms. The third-order valence-corrected chi connectivity index (χ3v) is 6.30. The number of para-hydroxylation sites is 2. The van der Waals surface area contributed by atoms with Crippen LogP contribution in [0.25, 0.3) is 22.2 Å². The second kappa shape index (κ2) is 10.2. The summed E-state index contributed by atoms with van der Waals surface area (Å²) < 4.78 is 0. The first kappa shape index (κ1) is 21.7. The summed E-state index contributed by atoms with van der Waals surface area (Å²) >= 11 is 1.63. The summed E-state index contributed by atoms with van der Waals surface area (Å²) in [5.41, 5.74) is 9.49. The molecule has 1 amide bonds. The minimum atomic E-state index is -0.242. The van der Waals surface area contributed by atoms with Crippen molar-refractivity contribution in [1.82, 2.24) is 15.4 Å². The molecule has 0 bridgehead atoms. The first-order chi connectivity index (χ1) is 16.7. The summed E-state index contributed by atoms with van der Waals surface area (Å²) in [7, 11) is 0. The fourth-order valence-electron chi connectivity index (χ4n) is 3.52. The van der Waals surface area contributed by atoms with E-state index in [1.807, 2.05) is 91.0 Å². The monoisotopic (exact) mass is 462 g/mol. The van der Waals surface area contributed by atoms with Crippen LogP contribution in [0.3, 0.4) is 0 Å². The number of amides is 1. The normalized spacial score (nSPS) is 11.2. The Morgan fingerprint density at radius 2 is 1.56 bits per heavy atom. The molecule has 0 radical (unpaired) electrons.